The molecule has 1 aromatic heterocycles. The van der Waals surface area contributed by atoms with Crippen LogP contribution in [0.2, 0.25) is 0 Å². The first-order valence-corrected chi connectivity index (χ1v) is 11.1. The Balaban J connectivity index is 0.00000210. The van der Waals surface area contributed by atoms with Gasteiger partial charge in [-0.1, -0.05) is 12.1 Å². The summed E-state index contributed by atoms with van der Waals surface area (Å²) in [5.41, 5.74) is 0.846. The van der Waals surface area contributed by atoms with Gasteiger partial charge in [0.05, 0.1) is 0 Å². The minimum Gasteiger partial charge on any atom is -0.349 e. The molecule has 0 saturated carbocycles. The van der Waals surface area contributed by atoms with Crippen molar-refractivity contribution in [1.29, 1.82) is 0 Å². The van der Waals surface area contributed by atoms with E-state index in [2.05, 4.69) is 15.4 Å². The molecule has 6 nitrogen and oxygen atoms in total. The van der Waals surface area contributed by atoms with Crippen LogP contribution in [0.4, 0.5) is 5.69 Å². The molecular formula is C18H22ClN3O3S2. The van der Waals surface area contributed by atoms with Crippen molar-refractivity contribution in [3.05, 3.63) is 47.3 Å². The van der Waals surface area contributed by atoms with Crippen LogP contribution in [0.1, 0.15) is 36.0 Å². The molecule has 1 aromatic carbocycles. The maximum atomic E-state index is 12.6. The number of amides is 1. The number of hydrogen-bond acceptors (Lipinski definition) is 5. The lowest BCUT2D eigenvalue weighted by atomic mass is 9.99. The predicted octanol–water partition coefficient (Wildman–Crippen LogP) is 2.98. The van der Waals surface area contributed by atoms with E-state index in [9.17, 15) is 13.2 Å². The van der Waals surface area contributed by atoms with Crippen LogP contribution in [0.25, 0.3) is 0 Å². The first-order chi connectivity index (χ1) is 12.5. The highest BCUT2D eigenvalue weighted by molar-refractivity contribution is 7.94. The zero-order valence-corrected chi connectivity index (χ0v) is 17.0. The number of fused-ring (bicyclic) bond motifs is 2. The molecule has 2 aromatic rings. The van der Waals surface area contributed by atoms with Gasteiger partial charge in [-0.05, 0) is 55.3 Å². The van der Waals surface area contributed by atoms with Crippen molar-refractivity contribution in [3.63, 3.8) is 0 Å². The Morgan fingerprint density at radius 1 is 1.11 bits per heavy atom. The quantitative estimate of drug-likeness (QED) is 0.684. The fourth-order valence-corrected chi connectivity index (χ4v) is 5.83. The van der Waals surface area contributed by atoms with Gasteiger partial charge >= 0.3 is 0 Å². The van der Waals surface area contributed by atoms with Crippen LogP contribution in [-0.4, -0.2) is 32.5 Å². The van der Waals surface area contributed by atoms with E-state index in [0.717, 1.165) is 24.2 Å². The number of hydrogen-bond donors (Lipinski definition) is 3. The standard InChI is InChI=1S/C18H21N3O3S2.ClH/c22-18(20-16-10-13-6-7-14(11-16)19-13)12-3-1-4-15(9-12)21-26(23,24)17-5-2-8-25-17;/h1-5,8-9,13-14,16,19,21H,6-7,10-11H2,(H,20,22);1H. The molecule has 2 saturated heterocycles. The summed E-state index contributed by atoms with van der Waals surface area (Å²) in [7, 11) is -3.62. The van der Waals surface area contributed by atoms with E-state index in [1.807, 2.05) is 0 Å². The SMILES string of the molecule is Cl.O=C(NC1CC2CCC(C1)N2)c1cccc(NS(=O)(=O)c2cccs2)c1. The number of anilines is 1. The second kappa shape index (κ2) is 8.18. The number of nitrogens with one attached hydrogen (secondary N) is 3. The largest absolute Gasteiger partial charge is 0.349 e. The molecule has 2 bridgehead atoms. The highest BCUT2D eigenvalue weighted by atomic mass is 35.5. The molecule has 9 heteroatoms. The van der Waals surface area contributed by atoms with Gasteiger partial charge in [-0.15, -0.1) is 23.7 Å². The number of carbonyl (C=O) groups excluding carboxylic acids is 1. The Hall–Kier alpha value is -1.61. The van der Waals surface area contributed by atoms with E-state index >= 15 is 0 Å². The molecule has 3 N–H and O–H groups in total. The van der Waals surface area contributed by atoms with Crippen molar-refractivity contribution >= 4 is 45.4 Å². The van der Waals surface area contributed by atoms with Crippen LogP contribution < -0.4 is 15.4 Å². The van der Waals surface area contributed by atoms with E-state index in [1.165, 1.54) is 12.8 Å². The Labute approximate surface area is 169 Å². The van der Waals surface area contributed by atoms with Crippen LogP contribution >= 0.6 is 23.7 Å². The van der Waals surface area contributed by atoms with Gasteiger partial charge in [-0.3, -0.25) is 9.52 Å². The van der Waals surface area contributed by atoms with Crippen molar-refractivity contribution in [3.8, 4) is 0 Å². The van der Waals surface area contributed by atoms with Crippen LogP contribution in [0.3, 0.4) is 0 Å². The number of sulfonamides is 1. The summed E-state index contributed by atoms with van der Waals surface area (Å²) in [6.07, 6.45) is 4.26. The number of thiophene rings is 1. The predicted molar refractivity (Wildman–Crippen MR) is 109 cm³/mol. The van der Waals surface area contributed by atoms with Gasteiger partial charge in [-0.25, -0.2) is 8.42 Å². The third kappa shape index (κ3) is 4.63. The van der Waals surface area contributed by atoms with Crippen molar-refractivity contribution in [1.82, 2.24) is 10.6 Å². The first-order valence-electron chi connectivity index (χ1n) is 8.73. The van der Waals surface area contributed by atoms with Gasteiger partial charge in [0.1, 0.15) is 4.21 Å². The Bertz CT molecular complexity index is 890. The average molecular weight is 428 g/mol. The number of carbonyl (C=O) groups is 1. The summed E-state index contributed by atoms with van der Waals surface area (Å²) >= 11 is 1.15. The minimum atomic E-state index is -3.62. The molecule has 4 rings (SSSR count). The summed E-state index contributed by atoms with van der Waals surface area (Å²) < 4.78 is 27.4. The number of benzene rings is 1. The molecule has 0 radical (unpaired) electrons. The van der Waals surface area contributed by atoms with Crippen molar-refractivity contribution in [2.75, 3.05) is 4.72 Å². The van der Waals surface area contributed by atoms with Crippen molar-refractivity contribution < 1.29 is 13.2 Å². The van der Waals surface area contributed by atoms with E-state index in [4.69, 9.17) is 0 Å². The third-order valence-corrected chi connectivity index (χ3v) is 7.72. The molecule has 2 aliphatic heterocycles. The van der Waals surface area contributed by atoms with E-state index in [-0.39, 0.29) is 28.6 Å². The van der Waals surface area contributed by atoms with Gasteiger partial charge in [0, 0.05) is 29.4 Å². The molecule has 27 heavy (non-hydrogen) atoms. The second-order valence-corrected chi connectivity index (χ2v) is 9.75. The minimum absolute atomic E-state index is 0. The smallest absolute Gasteiger partial charge is 0.271 e. The second-order valence-electron chi connectivity index (χ2n) is 6.90. The summed E-state index contributed by atoms with van der Waals surface area (Å²) in [6.45, 7) is 0. The third-order valence-electron chi connectivity index (χ3n) is 4.95. The topological polar surface area (TPSA) is 87.3 Å². The van der Waals surface area contributed by atoms with Crippen LogP contribution in [-0.2, 0) is 10.0 Å². The molecule has 2 fully saturated rings. The normalized spacial score (nSPS) is 24.1. The zero-order chi connectivity index (χ0) is 18.1. The molecule has 0 aliphatic carbocycles. The fourth-order valence-electron chi connectivity index (χ4n) is 3.79. The van der Waals surface area contributed by atoms with Crippen LogP contribution in [0.5, 0.6) is 0 Å². The van der Waals surface area contributed by atoms with E-state index in [0.29, 0.717) is 23.3 Å². The zero-order valence-electron chi connectivity index (χ0n) is 14.6. The molecule has 2 unspecified atom stereocenters. The average Bonchev–Trinajstić information content (AvgIpc) is 3.25. The summed E-state index contributed by atoms with van der Waals surface area (Å²) in [6, 6.07) is 11.0. The lowest BCUT2D eigenvalue weighted by molar-refractivity contribution is 0.0924. The van der Waals surface area contributed by atoms with Crippen LogP contribution in [0, 0.1) is 0 Å². The van der Waals surface area contributed by atoms with Gasteiger partial charge in [0.25, 0.3) is 15.9 Å². The van der Waals surface area contributed by atoms with Gasteiger partial charge in [0.2, 0.25) is 0 Å². The molecule has 0 spiro atoms. The molecule has 2 aliphatic rings. The number of halogens is 1. The summed E-state index contributed by atoms with van der Waals surface area (Å²) in [5.74, 6) is -0.159. The molecular weight excluding hydrogens is 406 g/mol. The Morgan fingerprint density at radius 2 is 1.85 bits per heavy atom. The molecule has 1 amide bonds. The highest BCUT2D eigenvalue weighted by Gasteiger charge is 2.34. The van der Waals surface area contributed by atoms with E-state index < -0.39 is 10.0 Å². The maximum Gasteiger partial charge on any atom is 0.271 e. The van der Waals surface area contributed by atoms with Gasteiger partial charge in [-0.2, -0.15) is 0 Å². The first kappa shape index (κ1) is 20.1. The monoisotopic (exact) mass is 427 g/mol. The van der Waals surface area contributed by atoms with E-state index in [1.54, 1.807) is 41.8 Å². The highest BCUT2D eigenvalue weighted by Crippen LogP contribution is 2.27. The summed E-state index contributed by atoms with van der Waals surface area (Å²) in [4.78, 5) is 12.6. The van der Waals surface area contributed by atoms with Gasteiger partial charge < -0.3 is 10.6 Å². The lowest BCUT2D eigenvalue weighted by Gasteiger charge is -2.29. The number of rotatable bonds is 5. The molecule has 2 atom stereocenters. The molecule has 3 heterocycles. The van der Waals surface area contributed by atoms with Crippen molar-refractivity contribution in [2.24, 2.45) is 0 Å². The van der Waals surface area contributed by atoms with Gasteiger partial charge in [0.15, 0.2) is 0 Å². The Morgan fingerprint density at radius 3 is 2.52 bits per heavy atom. The van der Waals surface area contributed by atoms with Crippen LogP contribution in [0.15, 0.2) is 46.0 Å². The summed E-state index contributed by atoms with van der Waals surface area (Å²) in [5, 5.41) is 8.37. The molecule has 146 valence electrons. The Kier molecular flexibility index (Phi) is 6.10. The lowest BCUT2D eigenvalue weighted by Crippen LogP contribution is -2.48. The maximum absolute atomic E-state index is 12.6. The van der Waals surface area contributed by atoms with Crippen molar-refractivity contribution in [2.45, 2.75) is 48.0 Å². The fraction of sp³-hybridized carbons (Fsp3) is 0.389. The number of piperidine rings is 1.